The van der Waals surface area contributed by atoms with Gasteiger partial charge in [0.15, 0.2) is 12.5 Å². The van der Waals surface area contributed by atoms with Gasteiger partial charge in [-0.3, -0.25) is 9.13 Å². The summed E-state index contributed by atoms with van der Waals surface area (Å²) >= 11 is 0. The number of aromatic nitrogens is 4. The number of hydrogen-bond acceptors (Lipinski definition) is 14. The highest BCUT2D eigenvalue weighted by Crippen LogP contribution is 2.35. The van der Waals surface area contributed by atoms with Crippen LogP contribution in [0, 0.1) is 0 Å². The molecule has 0 radical (unpaired) electrons. The predicted octanol–water partition coefficient (Wildman–Crippen LogP) is -3.18. The molecule has 2 aliphatic heterocycles. The third-order valence-electron chi connectivity index (χ3n) is 5.40. The SMILES string of the molecule is O=c1nc(SSc2ccn(C3O[C@H](CO)[C@@H](O)[C@H]3O)c(=O)n2)ccn1C1O[C@@H](CO)[C@H](O)[C@@H]1O. The van der Waals surface area contributed by atoms with E-state index in [2.05, 4.69) is 9.97 Å². The molecular formula is C18H22N4O10S2. The Hall–Kier alpha value is -1.86. The third-order valence-corrected chi connectivity index (χ3v) is 7.56. The van der Waals surface area contributed by atoms with Crippen LogP contribution in [0.2, 0.25) is 0 Å². The fraction of sp³-hybridized carbons (Fsp3) is 0.556. The van der Waals surface area contributed by atoms with Crippen molar-refractivity contribution in [2.75, 3.05) is 13.2 Å². The second kappa shape index (κ2) is 10.4. The molecule has 2 aromatic rings. The van der Waals surface area contributed by atoms with Crippen LogP contribution in [0.5, 0.6) is 0 Å². The van der Waals surface area contributed by atoms with E-state index in [0.717, 1.165) is 30.7 Å². The maximum atomic E-state index is 12.4. The molecule has 186 valence electrons. The van der Waals surface area contributed by atoms with Crippen molar-refractivity contribution < 1.29 is 40.1 Å². The summed E-state index contributed by atoms with van der Waals surface area (Å²) < 4.78 is 12.6. The maximum Gasteiger partial charge on any atom is 0.350 e. The zero-order chi connectivity index (χ0) is 24.6. The first kappa shape index (κ1) is 25.2. The molecule has 2 aromatic heterocycles. The standard InChI is InChI=1S/C18H22N4O10S2/c23-5-7-11(25)13(27)15(31-7)21-3-1-9(19-17(21)29)33-34-10-2-4-22(18(30)20-10)16-14(28)12(26)8(6-24)32-16/h1-4,7-8,11-16,23-28H,5-6H2/t7-,8+,11-,12+,13-,14+,15?,16?. The lowest BCUT2D eigenvalue weighted by Gasteiger charge is -2.17. The van der Waals surface area contributed by atoms with Gasteiger partial charge in [0.05, 0.1) is 13.2 Å². The van der Waals surface area contributed by atoms with Crippen molar-refractivity contribution in [1.29, 1.82) is 0 Å². The second-order valence-electron chi connectivity index (χ2n) is 7.54. The van der Waals surface area contributed by atoms with Gasteiger partial charge in [-0.05, 0) is 33.7 Å². The Labute approximate surface area is 198 Å². The summed E-state index contributed by atoms with van der Waals surface area (Å²) in [6, 6.07) is 2.93. The first-order chi connectivity index (χ1) is 16.2. The molecule has 4 heterocycles. The number of aliphatic hydroxyl groups is 6. The predicted molar refractivity (Wildman–Crippen MR) is 115 cm³/mol. The molecule has 6 N–H and O–H groups in total. The third kappa shape index (κ3) is 4.78. The molecule has 0 amide bonds. The number of aliphatic hydroxyl groups excluding tert-OH is 6. The van der Waals surface area contributed by atoms with E-state index >= 15 is 0 Å². The van der Waals surface area contributed by atoms with Crippen molar-refractivity contribution in [2.45, 2.75) is 59.1 Å². The molecule has 2 aliphatic rings. The molecule has 34 heavy (non-hydrogen) atoms. The highest BCUT2D eigenvalue weighted by Gasteiger charge is 2.44. The molecule has 16 heteroatoms. The molecule has 8 atom stereocenters. The average molecular weight is 519 g/mol. The lowest BCUT2D eigenvalue weighted by molar-refractivity contribution is -0.0551. The molecule has 0 aromatic carbocycles. The molecule has 2 fully saturated rings. The van der Waals surface area contributed by atoms with Gasteiger partial charge in [0.1, 0.15) is 46.7 Å². The van der Waals surface area contributed by atoms with Crippen molar-refractivity contribution in [2.24, 2.45) is 0 Å². The first-order valence-corrected chi connectivity index (χ1v) is 12.2. The molecule has 2 unspecified atom stereocenters. The van der Waals surface area contributed by atoms with Gasteiger partial charge in [-0.1, -0.05) is 0 Å². The summed E-state index contributed by atoms with van der Waals surface area (Å²) in [4.78, 5) is 32.5. The van der Waals surface area contributed by atoms with E-state index in [9.17, 15) is 40.2 Å². The van der Waals surface area contributed by atoms with Gasteiger partial charge in [-0.2, -0.15) is 9.97 Å². The minimum atomic E-state index is -1.42. The van der Waals surface area contributed by atoms with Crippen LogP contribution < -0.4 is 11.4 Å². The van der Waals surface area contributed by atoms with Crippen LogP contribution in [0.15, 0.2) is 44.2 Å². The van der Waals surface area contributed by atoms with Crippen molar-refractivity contribution in [3.63, 3.8) is 0 Å². The average Bonchev–Trinajstić information content (AvgIpc) is 3.27. The van der Waals surface area contributed by atoms with E-state index in [1.54, 1.807) is 0 Å². The van der Waals surface area contributed by atoms with E-state index in [1.807, 2.05) is 0 Å². The minimum absolute atomic E-state index is 0.271. The van der Waals surface area contributed by atoms with Crippen molar-refractivity contribution in [3.8, 4) is 0 Å². The van der Waals surface area contributed by atoms with Crippen LogP contribution in [0.4, 0.5) is 0 Å². The Bertz CT molecular complexity index is 1040. The van der Waals surface area contributed by atoms with Crippen molar-refractivity contribution >= 4 is 21.6 Å². The van der Waals surface area contributed by atoms with Crippen LogP contribution in [0.3, 0.4) is 0 Å². The van der Waals surface area contributed by atoms with Crippen molar-refractivity contribution in [3.05, 3.63) is 45.5 Å². The molecule has 0 bridgehead atoms. The minimum Gasteiger partial charge on any atom is -0.394 e. The number of nitrogens with zero attached hydrogens (tertiary/aromatic N) is 4. The van der Waals surface area contributed by atoms with Gasteiger partial charge in [0, 0.05) is 12.4 Å². The largest absolute Gasteiger partial charge is 0.394 e. The normalized spacial score (nSPS) is 33.5. The molecule has 2 saturated heterocycles. The zero-order valence-corrected chi connectivity index (χ0v) is 18.9. The lowest BCUT2D eigenvalue weighted by Crippen LogP contribution is -2.36. The molecule has 14 nitrogen and oxygen atoms in total. The quantitative estimate of drug-likeness (QED) is 0.158. The van der Waals surface area contributed by atoms with Gasteiger partial charge in [0.25, 0.3) is 0 Å². The van der Waals surface area contributed by atoms with Crippen LogP contribution in [-0.2, 0) is 9.47 Å². The van der Waals surface area contributed by atoms with Crippen LogP contribution in [0.1, 0.15) is 12.5 Å². The summed E-state index contributed by atoms with van der Waals surface area (Å²) in [6.45, 7) is -1.05. The molecular weight excluding hydrogens is 496 g/mol. The molecule has 0 aliphatic carbocycles. The van der Waals surface area contributed by atoms with Gasteiger partial charge in [-0.25, -0.2) is 9.59 Å². The van der Waals surface area contributed by atoms with Crippen LogP contribution >= 0.6 is 21.6 Å². The van der Waals surface area contributed by atoms with Crippen molar-refractivity contribution in [1.82, 2.24) is 19.1 Å². The van der Waals surface area contributed by atoms with E-state index in [1.165, 1.54) is 24.5 Å². The fourth-order valence-electron chi connectivity index (χ4n) is 3.58. The molecule has 0 saturated carbocycles. The van der Waals surface area contributed by atoms with E-state index < -0.39 is 73.7 Å². The number of hydrogen-bond donors (Lipinski definition) is 6. The summed E-state index contributed by atoms with van der Waals surface area (Å²) in [5.74, 6) is 0. The van der Waals surface area contributed by atoms with E-state index in [4.69, 9.17) is 9.47 Å². The zero-order valence-electron chi connectivity index (χ0n) is 17.3. The lowest BCUT2D eigenvalue weighted by atomic mass is 10.1. The van der Waals surface area contributed by atoms with Gasteiger partial charge in [-0.15, -0.1) is 0 Å². The second-order valence-corrected chi connectivity index (χ2v) is 9.71. The monoisotopic (exact) mass is 518 g/mol. The molecule has 0 spiro atoms. The maximum absolute atomic E-state index is 12.4. The van der Waals surface area contributed by atoms with E-state index in [-0.39, 0.29) is 10.1 Å². The Kier molecular flexibility index (Phi) is 7.72. The summed E-state index contributed by atoms with van der Waals surface area (Å²) in [5.41, 5.74) is -1.51. The highest BCUT2D eigenvalue weighted by molar-refractivity contribution is 8.76. The smallest absolute Gasteiger partial charge is 0.350 e. The van der Waals surface area contributed by atoms with Gasteiger partial charge < -0.3 is 40.1 Å². The fourth-order valence-corrected chi connectivity index (χ4v) is 5.28. The van der Waals surface area contributed by atoms with Gasteiger partial charge in [0.2, 0.25) is 0 Å². The first-order valence-electron chi connectivity index (χ1n) is 10.0. The Morgan fingerprint density at radius 3 is 1.41 bits per heavy atom. The molecule has 4 rings (SSSR count). The number of rotatable bonds is 7. The highest BCUT2D eigenvalue weighted by atomic mass is 33.1. The number of ether oxygens (including phenoxy) is 2. The Balaban J connectivity index is 1.42. The summed E-state index contributed by atoms with van der Waals surface area (Å²) in [5, 5.41) is 58.7. The van der Waals surface area contributed by atoms with Crippen LogP contribution in [0.25, 0.3) is 0 Å². The Morgan fingerprint density at radius 2 is 1.12 bits per heavy atom. The topological polar surface area (TPSA) is 210 Å². The summed E-state index contributed by atoms with van der Waals surface area (Å²) in [6.07, 6.45) is -7.36. The Morgan fingerprint density at radius 1 is 0.735 bits per heavy atom. The summed E-state index contributed by atoms with van der Waals surface area (Å²) in [7, 11) is 2.06. The van der Waals surface area contributed by atoms with Crippen LogP contribution in [-0.4, -0.2) is 99.6 Å². The van der Waals surface area contributed by atoms with E-state index in [0.29, 0.717) is 0 Å². The van der Waals surface area contributed by atoms with Gasteiger partial charge >= 0.3 is 11.4 Å².